The summed E-state index contributed by atoms with van der Waals surface area (Å²) < 4.78 is 5.73. The molecule has 0 aliphatic rings. The summed E-state index contributed by atoms with van der Waals surface area (Å²) in [7, 11) is 3.41. The van der Waals surface area contributed by atoms with Gasteiger partial charge in [-0.3, -0.25) is 4.98 Å². The summed E-state index contributed by atoms with van der Waals surface area (Å²) in [4.78, 5) is 17.6. The zero-order chi connectivity index (χ0) is 16.7. The average molecular weight is 313 g/mol. The molecule has 122 valence electrons. The zero-order valence-electron chi connectivity index (χ0n) is 13.9. The Morgan fingerprint density at radius 1 is 1.13 bits per heavy atom. The van der Waals surface area contributed by atoms with E-state index in [1.54, 1.807) is 14.1 Å². The highest BCUT2D eigenvalue weighted by atomic mass is 16.5. The molecule has 2 rings (SSSR count). The van der Waals surface area contributed by atoms with Gasteiger partial charge in [0, 0.05) is 37.6 Å². The van der Waals surface area contributed by atoms with Crippen molar-refractivity contribution in [3.8, 4) is 5.75 Å². The molecule has 5 nitrogen and oxygen atoms in total. The van der Waals surface area contributed by atoms with Gasteiger partial charge in [-0.05, 0) is 42.8 Å². The Morgan fingerprint density at radius 3 is 2.48 bits per heavy atom. The van der Waals surface area contributed by atoms with Crippen molar-refractivity contribution < 1.29 is 9.53 Å². The Labute approximate surface area is 137 Å². The van der Waals surface area contributed by atoms with Crippen molar-refractivity contribution in [3.05, 3.63) is 53.9 Å². The molecule has 0 unspecified atom stereocenters. The first kappa shape index (κ1) is 16.8. The Hall–Kier alpha value is -2.56. The Morgan fingerprint density at radius 2 is 1.83 bits per heavy atom. The van der Waals surface area contributed by atoms with Gasteiger partial charge < -0.3 is 15.0 Å². The second kappa shape index (κ2) is 8.17. The van der Waals surface area contributed by atoms with E-state index < -0.39 is 0 Å². The lowest BCUT2D eigenvalue weighted by Crippen LogP contribution is -2.27. The summed E-state index contributed by atoms with van der Waals surface area (Å²) in [5.74, 6) is 0.777. The fourth-order valence-corrected chi connectivity index (χ4v) is 2.01. The normalized spacial score (nSPS) is 10.2. The maximum atomic E-state index is 11.6. The Balaban J connectivity index is 1.83. The standard InChI is InChI=1S/C18H23N3O2/c1-4-14-6-5-7-15(19-14)12-13-23-17-10-8-16(9-11-17)20-18(22)21(2)3/h5-11H,4,12-13H2,1-3H3,(H,20,22). The number of carbonyl (C=O) groups excluding carboxylic acids is 1. The summed E-state index contributed by atoms with van der Waals surface area (Å²) in [6.07, 6.45) is 1.71. The fraction of sp³-hybridized carbons (Fsp3) is 0.333. The number of urea groups is 1. The van der Waals surface area contributed by atoms with Crippen LogP contribution in [0.4, 0.5) is 10.5 Å². The number of rotatable bonds is 6. The molecule has 1 aromatic carbocycles. The molecule has 0 spiro atoms. The van der Waals surface area contributed by atoms with Crippen LogP contribution >= 0.6 is 0 Å². The maximum absolute atomic E-state index is 11.6. The molecule has 0 bridgehead atoms. The summed E-state index contributed by atoms with van der Waals surface area (Å²) in [6, 6.07) is 13.3. The van der Waals surface area contributed by atoms with Gasteiger partial charge in [-0.1, -0.05) is 13.0 Å². The van der Waals surface area contributed by atoms with Crippen molar-refractivity contribution in [2.45, 2.75) is 19.8 Å². The van der Waals surface area contributed by atoms with E-state index >= 15 is 0 Å². The average Bonchev–Trinajstić information content (AvgIpc) is 2.56. The van der Waals surface area contributed by atoms with Crippen LogP contribution in [0.25, 0.3) is 0 Å². The third kappa shape index (κ3) is 5.29. The van der Waals surface area contributed by atoms with Crippen molar-refractivity contribution in [2.75, 3.05) is 26.0 Å². The number of anilines is 1. The summed E-state index contributed by atoms with van der Waals surface area (Å²) >= 11 is 0. The second-order valence-electron chi connectivity index (χ2n) is 5.42. The van der Waals surface area contributed by atoms with E-state index in [2.05, 4.69) is 17.2 Å². The molecule has 0 fully saturated rings. The topological polar surface area (TPSA) is 54.5 Å². The molecule has 2 amide bonds. The lowest BCUT2D eigenvalue weighted by atomic mass is 10.2. The summed E-state index contributed by atoms with van der Waals surface area (Å²) in [5.41, 5.74) is 2.89. The van der Waals surface area contributed by atoms with Gasteiger partial charge >= 0.3 is 6.03 Å². The lowest BCUT2D eigenvalue weighted by molar-refractivity contribution is 0.230. The minimum atomic E-state index is -0.152. The lowest BCUT2D eigenvalue weighted by Gasteiger charge is -2.12. The number of aryl methyl sites for hydroxylation is 1. The summed E-state index contributed by atoms with van der Waals surface area (Å²) in [5, 5.41) is 2.78. The molecule has 0 saturated heterocycles. The summed E-state index contributed by atoms with van der Waals surface area (Å²) in [6.45, 7) is 2.67. The number of hydrogen-bond acceptors (Lipinski definition) is 3. The number of nitrogens with one attached hydrogen (secondary N) is 1. The van der Waals surface area contributed by atoms with Crippen molar-refractivity contribution in [2.24, 2.45) is 0 Å². The van der Waals surface area contributed by atoms with Gasteiger partial charge in [0.2, 0.25) is 0 Å². The van der Waals surface area contributed by atoms with Crippen LogP contribution in [0.3, 0.4) is 0 Å². The highest BCUT2D eigenvalue weighted by Gasteiger charge is 2.04. The predicted molar refractivity (Wildman–Crippen MR) is 92.0 cm³/mol. The first-order valence-electron chi connectivity index (χ1n) is 7.74. The van der Waals surface area contributed by atoms with Crippen molar-refractivity contribution >= 4 is 11.7 Å². The number of nitrogens with zero attached hydrogens (tertiary/aromatic N) is 2. The smallest absolute Gasteiger partial charge is 0.321 e. The fourth-order valence-electron chi connectivity index (χ4n) is 2.01. The van der Waals surface area contributed by atoms with Crippen LogP contribution in [0.1, 0.15) is 18.3 Å². The largest absolute Gasteiger partial charge is 0.493 e. The van der Waals surface area contributed by atoms with Gasteiger partial charge in [0.25, 0.3) is 0 Å². The number of pyridine rings is 1. The monoisotopic (exact) mass is 313 g/mol. The third-order valence-corrected chi connectivity index (χ3v) is 3.37. The molecule has 1 aromatic heterocycles. The quantitative estimate of drug-likeness (QED) is 0.889. The molecule has 1 heterocycles. The van der Waals surface area contributed by atoms with Crippen LogP contribution in [-0.2, 0) is 12.8 Å². The van der Waals surface area contributed by atoms with Crippen molar-refractivity contribution in [1.82, 2.24) is 9.88 Å². The van der Waals surface area contributed by atoms with Gasteiger partial charge in [0.05, 0.1) is 6.61 Å². The van der Waals surface area contributed by atoms with E-state index in [4.69, 9.17) is 4.74 Å². The van der Waals surface area contributed by atoms with E-state index in [0.717, 1.165) is 35.7 Å². The SMILES string of the molecule is CCc1cccc(CCOc2ccc(NC(=O)N(C)C)cc2)n1. The molecular formula is C18H23N3O2. The van der Waals surface area contributed by atoms with E-state index in [0.29, 0.717) is 6.61 Å². The van der Waals surface area contributed by atoms with Crippen LogP contribution in [0.15, 0.2) is 42.5 Å². The molecule has 2 aromatic rings. The first-order valence-corrected chi connectivity index (χ1v) is 7.74. The molecule has 23 heavy (non-hydrogen) atoms. The van der Waals surface area contributed by atoms with E-state index in [-0.39, 0.29) is 6.03 Å². The van der Waals surface area contributed by atoms with Gasteiger partial charge in [0.1, 0.15) is 5.75 Å². The van der Waals surface area contributed by atoms with E-state index in [1.165, 1.54) is 4.90 Å². The zero-order valence-corrected chi connectivity index (χ0v) is 13.9. The highest BCUT2D eigenvalue weighted by Crippen LogP contribution is 2.16. The van der Waals surface area contributed by atoms with Crippen molar-refractivity contribution in [3.63, 3.8) is 0 Å². The van der Waals surface area contributed by atoms with Gasteiger partial charge in [-0.15, -0.1) is 0 Å². The number of benzene rings is 1. The molecule has 0 radical (unpaired) electrons. The number of carbonyl (C=O) groups is 1. The highest BCUT2D eigenvalue weighted by molar-refractivity contribution is 5.88. The Bertz CT molecular complexity index is 639. The molecular weight excluding hydrogens is 290 g/mol. The van der Waals surface area contributed by atoms with Crippen LogP contribution in [0.2, 0.25) is 0 Å². The maximum Gasteiger partial charge on any atom is 0.321 e. The molecule has 0 aliphatic carbocycles. The van der Waals surface area contributed by atoms with Crippen molar-refractivity contribution in [1.29, 1.82) is 0 Å². The number of amides is 2. The second-order valence-corrected chi connectivity index (χ2v) is 5.42. The van der Waals surface area contributed by atoms with Gasteiger partial charge in [0.15, 0.2) is 0 Å². The van der Waals surface area contributed by atoms with E-state index in [9.17, 15) is 4.79 Å². The van der Waals surface area contributed by atoms with Crippen LogP contribution in [0.5, 0.6) is 5.75 Å². The number of ether oxygens (including phenoxy) is 1. The van der Waals surface area contributed by atoms with Crippen LogP contribution in [0, 0.1) is 0 Å². The molecule has 0 atom stereocenters. The molecule has 0 aliphatic heterocycles. The van der Waals surface area contributed by atoms with E-state index in [1.807, 2.05) is 42.5 Å². The minimum Gasteiger partial charge on any atom is -0.493 e. The Kier molecular flexibility index (Phi) is 5.97. The predicted octanol–water partition coefficient (Wildman–Crippen LogP) is 3.36. The first-order chi connectivity index (χ1) is 11.1. The van der Waals surface area contributed by atoms with Gasteiger partial charge in [-0.25, -0.2) is 4.79 Å². The molecule has 0 saturated carbocycles. The minimum absolute atomic E-state index is 0.152. The molecule has 5 heteroatoms. The van der Waals surface area contributed by atoms with Gasteiger partial charge in [-0.2, -0.15) is 0 Å². The van der Waals surface area contributed by atoms with Crippen LogP contribution < -0.4 is 10.1 Å². The third-order valence-electron chi connectivity index (χ3n) is 3.37. The van der Waals surface area contributed by atoms with Crippen LogP contribution in [-0.4, -0.2) is 36.6 Å². The number of aromatic nitrogens is 1. The molecule has 1 N–H and O–H groups in total. The number of hydrogen-bond donors (Lipinski definition) is 1.